The molecule has 3 N–H and O–H groups in total. The molecule has 0 spiro atoms. The maximum Gasteiger partial charge on any atom is 0.407 e. The molecule has 264 valence electrons. The standard InChI is InChI=1S/C34H43N5O9S/c1-5-21-18-34(21,31(42)38-49(44,45)24-11-12-24)37-28(40)26-17-23-19-39(26)30(41)27(33(2,3)4)36-32(43)47-15-14-46-22-9-6-8-20(16-22)25-10-7-13-35-29(25)48-23/h6-10,13,16,21,23-24,26-27H,5,11-12,14-15,17-19H2,1-4H3,(H,36,43)(H,37,40)(H,38,42)/t21-,23?,26+,27-,34?/m1/s1. The van der Waals surface area contributed by atoms with Crippen LogP contribution in [0.25, 0.3) is 11.1 Å². The minimum Gasteiger partial charge on any atom is -0.490 e. The average molecular weight is 698 g/mol. The summed E-state index contributed by atoms with van der Waals surface area (Å²) in [5.74, 6) is -1.38. The van der Waals surface area contributed by atoms with Crippen molar-refractivity contribution in [3.05, 3.63) is 42.6 Å². The summed E-state index contributed by atoms with van der Waals surface area (Å²) in [5, 5.41) is 4.91. The Balaban J connectivity index is 1.33. The third-order valence-electron chi connectivity index (χ3n) is 9.55. The van der Waals surface area contributed by atoms with Crippen molar-refractivity contribution in [2.75, 3.05) is 19.8 Å². The molecule has 4 amide bonds. The molecule has 1 aromatic carbocycles. The van der Waals surface area contributed by atoms with Crippen LogP contribution in [0.2, 0.25) is 0 Å². The molecule has 2 unspecified atom stereocenters. The van der Waals surface area contributed by atoms with Gasteiger partial charge in [-0.25, -0.2) is 18.2 Å². The molecular formula is C34H43N5O9S. The highest BCUT2D eigenvalue weighted by molar-refractivity contribution is 7.91. The highest BCUT2D eigenvalue weighted by atomic mass is 32.2. The first-order valence-electron chi connectivity index (χ1n) is 16.7. The van der Waals surface area contributed by atoms with E-state index in [2.05, 4.69) is 20.3 Å². The maximum absolute atomic E-state index is 14.4. The second-order valence-corrected chi connectivity index (χ2v) is 16.2. The van der Waals surface area contributed by atoms with Gasteiger partial charge in [0.1, 0.15) is 42.7 Å². The second kappa shape index (κ2) is 13.1. The molecule has 3 fully saturated rings. The zero-order valence-corrected chi connectivity index (χ0v) is 28.9. The number of alkyl carbamates (subject to hydrolysis) is 1. The number of pyridine rings is 1. The van der Waals surface area contributed by atoms with Crippen molar-refractivity contribution in [2.24, 2.45) is 11.3 Å². The molecule has 1 saturated heterocycles. The Labute approximate surface area is 285 Å². The fourth-order valence-electron chi connectivity index (χ4n) is 6.55. The van der Waals surface area contributed by atoms with Crippen LogP contribution in [0.1, 0.15) is 59.8 Å². The molecule has 14 nitrogen and oxygen atoms in total. The lowest BCUT2D eigenvalue weighted by molar-refractivity contribution is -0.143. The lowest BCUT2D eigenvalue weighted by Gasteiger charge is -2.35. The van der Waals surface area contributed by atoms with Crippen LogP contribution in [0.4, 0.5) is 4.79 Å². The van der Waals surface area contributed by atoms with Gasteiger partial charge in [-0.3, -0.25) is 19.1 Å². The van der Waals surface area contributed by atoms with Gasteiger partial charge < -0.3 is 29.7 Å². The minimum atomic E-state index is -3.86. The van der Waals surface area contributed by atoms with Crippen molar-refractivity contribution in [1.29, 1.82) is 0 Å². The van der Waals surface area contributed by atoms with Crippen molar-refractivity contribution in [3.8, 4) is 22.8 Å². The van der Waals surface area contributed by atoms with Crippen molar-refractivity contribution >= 4 is 33.8 Å². The van der Waals surface area contributed by atoms with Crippen molar-refractivity contribution < 1.29 is 41.8 Å². The molecule has 2 saturated carbocycles. The van der Waals surface area contributed by atoms with E-state index in [1.807, 2.05) is 31.2 Å². The molecule has 0 radical (unpaired) electrons. The number of cyclic esters (lactones) is 1. The average Bonchev–Trinajstić information content (AvgIpc) is 3.98. The quantitative estimate of drug-likeness (QED) is 0.406. The Kier molecular flexibility index (Phi) is 9.24. The van der Waals surface area contributed by atoms with Gasteiger partial charge in [-0.15, -0.1) is 0 Å². The number of nitrogens with one attached hydrogen (secondary N) is 3. The number of nitrogens with zero attached hydrogens (tertiary/aromatic N) is 2. The van der Waals surface area contributed by atoms with Crippen molar-refractivity contribution in [2.45, 2.75) is 88.8 Å². The van der Waals surface area contributed by atoms with Crippen LogP contribution in [0.3, 0.4) is 0 Å². The third-order valence-corrected chi connectivity index (χ3v) is 11.4. The number of carbonyl (C=O) groups excluding carboxylic acids is 4. The van der Waals surface area contributed by atoms with Gasteiger partial charge in [-0.2, -0.15) is 0 Å². The predicted octanol–water partition coefficient (Wildman–Crippen LogP) is 2.52. The summed E-state index contributed by atoms with van der Waals surface area (Å²) < 4.78 is 45.1. The Hall–Kier alpha value is -4.40. The van der Waals surface area contributed by atoms with Crippen LogP contribution in [0.15, 0.2) is 42.6 Å². The number of amides is 4. The van der Waals surface area contributed by atoms with Gasteiger partial charge in [-0.05, 0) is 60.4 Å². The van der Waals surface area contributed by atoms with Crippen LogP contribution < -0.4 is 24.8 Å². The first kappa shape index (κ1) is 34.5. The van der Waals surface area contributed by atoms with Gasteiger partial charge >= 0.3 is 6.09 Å². The number of hydrogen-bond acceptors (Lipinski definition) is 10. The van der Waals surface area contributed by atoms with Crippen molar-refractivity contribution in [1.82, 2.24) is 25.2 Å². The van der Waals surface area contributed by atoms with E-state index >= 15 is 0 Å². The Morgan fingerprint density at radius 2 is 1.86 bits per heavy atom. The topological polar surface area (TPSA) is 182 Å². The van der Waals surface area contributed by atoms with Crippen LogP contribution in [0.5, 0.6) is 11.6 Å². The fraction of sp³-hybridized carbons (Fsp3) is 0.559. The van der Waals surface area contributed by atoms with Crippen molar-refractivity contribution in [3.63, 3.8) is 0 Å². The zero-order valence-electron chi connectivity index (χ0n) is 28.1. The number of carbonyl (C=O) groups is 4. The van der Waals surface area contributed by atoms with E-state index in [0.717, 1.165) is 5.56 Å². The Morgan fingerprint density at radius 3 is 2.55 bits per heavy atom. The van der Waals surface area contributed by atoms with Gasteiger partial charge in [0.05, 0.1) is 11.8 Å². The monoisotopic (exact) mass is 697 g/mol. The normalized spacial score (nSPS) is 27.3. The Morgan fingerprint density at radius 1 is 1.10 bits per heavy atom. The highest BCUT2D eigenvalue weighted by Crippen LogP contribution is 2.47. The lowest BCUT2D eigenvalue weighted by atomic mass is 9.85. The summed E-state index contributed by atoms with van der Waals surface area (Å²) in [4.78, 5) is 60.7. The highest BCUT2D eigenvalue weighted by Gasteiger charge is 2.62. The number of hydrogen-bond donors (Lipinski definition) is 3. The van der Waals surface area contributed by atoms with Gasteiger partial charge in [0, 0.05) is 18.2 Å². The molecule has 49 heavy (non-hydrogen) atoms. The van der Waals surface area contributed by atoms with Crippen LogP contribution in [-0.4, -0.2) is 90.9 Å². The van der Waals surface area contributed by atoms with Crippen LogP contribution >= 0.6 is 0 Å². The summed E-state index contributed by atoms with van der Waals surface area (Å²) in [7, 11) is -3.86. The Bertz CT molecular complexity index is 1740. The number of benzene rings is 1. The number of rotatable bonds is 6. The summed E-state index contributed by atoms with van der Waals surface area (Å²) in [6.45, 7) is 7.16. The SMILES string of the molecule is CC[C@@H]1CC1(NC(=O)[C@@H]1CC2CN1C(=O)[C@H](C(C)(C)C)NC(=O)OCCOc1cccc(c1)-c1cccnc1O2)C(=O)NS(=O)(=O)C1CC1. The van der Waals surface area contributed by atoms with E-state index < -0.39 is 68.2 Å². The molecule has 4 aliphatic rings. The van der Waals surface area contributed by atoms with E-state index in [9.17, 15) is 27.6 Å². The van der Waals surface area contributed by atoms with Crippen LogP contribution in [0, 0.1) is 11.3 Å². The van der Waals surface area contributed by atoms with Gasteiger partial charge in [0.25, 0.3) is 5.91 Å². The van der Waals surface area contributed by atoms with Gasteiger partial charge in [0.15, 0.2) is 0 Å². The third kappa shape index (κ3) is 7.31. The minimum absolute atomic E-state index is 0.0220. The summed E-state index contributed by atoms with van der Waals surface area (Å²) in [6.07, 6.45) is 1.87. The van der Waals surface area contributed by atoms with Gasteiger partial charge in [0.2, 0.25) is 27.7 Å². The molecule has 2 aliphatic carbocycles. The predicted molar refractivity (Wildman–Crippen MR) is 177 cm³/mol. The summed E-state index contributed by atoms with van der Waals surface area (Å²) in [5.41, 5.74) is -0.808. The van der Waals surface area contributed by atoms with Crippen LogP contribution in [-0.2, 0) is 29.1 Å². The zero-order chi connectivity index (χ0) is 35.1. The molecule has 4 bridgehead atoms. The summed E-state index contributed by atoms with van der Waals surface area (Å²) >= 11 is 0. The first-order valence-corrected chi connectivity index (χ1v) is 18.2. The fourth-order valence-corrected chi connectivity index (χ4v) is 7.92. The second-order valence-electron chi connectivity index (χ2n) is 14.2. The van der Waals surface area contributed by atoms with E-state index in [1.54, 1.807) is 39.1 Å². The molecule has 15 heteroatoms. The molecule has 6 rings (SSSR count). The van der Waals surface area contributed by atoms with E-state index in [1.165, 1.54) is 4.90 Å². The molecule has 3 heterocycles. The molecular weight excluding hydrogens is 654 g/mol. The smallest absolute Gasteiger partial charge is 0.407 e. The van der Waals surface area contributed by atoms with Gasteiger partial charge in [-0.1, -0.05) is 46.2 Å². The lowest BCUT2D eigenvalue weighted by Crippen LogP contribution is -2.60. The number of ether oxygens (including phenoxy) is 3. The molecule has 2 aromatic rings. The molecule has 5 atom stereocenters. The molecule has 2 aliphatic heterocycles. The van der Waals surface area contributed by atoms with E-state index in [0.29, 0.717) is 36.5 Å². The largest absolute Gasteiger partial charge is 0.490 e. The number of aromatic nitrogens is 1. The first-order chi connectivity index (χ1) is 23.2. The van der Waals surface area contributed by atoms with E-state index in [-0.39, 0.29) is 38.5 Å². The van der Waals surface area contributed by atoms with E-state index in [4.69, 9.17) is 14.2 Å². The maximum atomic E-state index is 14.4. The number of fused-ring (bicyclic) bond motifs is 6. The molecule has 1 aromatic heterocycles. The number of sulfonamides is 1. The summed E-state index contributed by atoms with van der Waals surface area (Å²) in [6, 6.07) is 8.68.